The maximum atomic E-state index is 12.1. The van der Waals surface area contributed by atoms with Crippen LogP contribution in [0.25, 0.3) is 5.69 Å². The molecule has 7 nitrogen and oxygen atoms in total. The molecule has 0 fully saturated rings. The van der Waals surface area contributed by atoms with E-state index in [0.29, 0.717) is 12.4 Å². The van der Waals surface area contributed by atoms with Crippen LogP contribution in [0.3, 0.4) is 0 Å². The number of rotatable bonds is 5. The number of hydrogen-bond acceptors (Lipinski definition) is 5. The van der Waals surface area contributed by atoms with Crippen molar-refractivity contribution in [1.29, 1.82) is 0 Å². The van der Waals surface area contributed by atoms with Crippen LogP contribution in [0.2, 0.25) is 0 Å². The number of carbonyl (C=O) groups excluding carboxylic acids is 1. The van der Waals surface area contributed by atoms with Crippen molar-refractivity contribution in [3.05, 3.63) is 58.0 Å². The smallest absolute Gasteiger partial charge is 0.315 e. The number of thiophene rings is 1. The van der Waals surface area contributed by atoms with Gasteiger partial charge in [0.1, 0.15) is 0 Å². The van der Waals surface area contributed by atoms with Crippen LogP contribution in [0, 0.1) is 6.92 Å². The van der Waals surface area contributed by atoms with Gasteiger partial charge in [-0.05, 0) is 48.5 Å². The summed E-state index contributed by atoms with van der Waals surface area (Å²) in [6, 6.07) is 13.0. The van der Waals surface area contributed by atoms with Gasteiger partial charge in [-0.2, -0.15) is 4.68 Å². The van der Waals surface area contributed by atoms with Crippen LogP contribution in [0.1, 0.15) is 28.5 Å². The van der Waals surface area contributed by atoms with Crippen LogP contribution in [0.4, 0.5) is 4.79 Å². The fraction of sp³-hybridized carbons (Fsp3) is 0.250. The van der Waals surface area contributed by atoms with Crippen LogP contribution in [0.15, 0.2) is 42.5 Å². The number of hydrogen-bond donors (Lipinski definition) is 2. The lowest BCUT2D eigenvalue weighted by Crippen LogP contribution is -2.37. The molecule has 0 spiro atoms. The van der Waals surface area contributed by atoms with Gasteiger partial charge in [0, 0.05) is 9.75 Å². The van der Waals surface area contributed by atoms with Gasteiger partial charge in [0.2, 0.25) is 0 Å². The standard InChI is InChI=1S/C16H18N6OS/c1-11-8-9-14(24-11)10-17-16(23)18-12(2)15-19-20-21-22(15)13-6-4-3-5-7-13/h3-9,12H,10H2,1-2H3,(H2,17,18,23)/t12-/m0/s1. The van der Waals surface area contributed by atoms with E-state index in [2.05, 4.69) is 26.2 Å². The van der Waals surface area contributed by atoms with Gasteiger partial charge in [-0.15, -0.1) is 16.4 Å². The molecule has 2 heterocycles. The molecular weight excluding hydrogens is 324 g/mol. The topological polar surface area (TPSA) is 84.7 Å². The summed E-state index contributed by atoms with van der Waals surface area (Å²) in [5.41, 5.74) is 0.848. The van der Waals surface area contributed by atoms with Crippen LogP contribution >= 0.6 is 11.3 Å². The quantitative estimate of drug-likeness (QED) is 0.746. The van der Waals surface area contributed by atoms with Gasteiger partial charge >= 0.3 is 6.03 Å². The second kappa shape index (κ2) is 7.22. The van der Waals surface area contributed by atoms with Gasteiger partial charge in [-0.25, -0.2) is 4.79 Å². The summed E-state index contributed by atoms with van der Waals surface area (Å²) in [7, 11) is 0. The van der Waals surface area contributed by atoms with Gasteiger partial charge in [0.15, 0.2) is 5.82 Å². The minimum atomic E-state index is -0.328. The Morgan fingerprint density at radius 2 is 2.04 bits per heavy atom. The second-order valence-electron chi connectivity index (χ2n) is 5.35. The summed E-state index contributed by atoms with van der Waals surface area (Å²) >= 11 is 1.67. The predicted octanol–water partition coefficient (Wildman–Crippen LogP) is 2.59. The first-order chi connectivity index (χ1) is 11.6. The number of nitrogens with one attached hydrogen (secondary N) is 2. The first-order valence-electron chi connectivity index (χ1n) is 7.57. The van der Waals surface area contributed by atoms with E-state index in [0.717, 1.165) is 10.6 Å². The van der Waals surface area contributed by atoms with Crippen molar-refractivity contribution in [3.63, 3.8) is 0 Å². The molecule has 0 aliphatic rings. The van der Waals surface area contributed by atoms with E-state index < -0.39 is 0 Å². The molecule has 0 bridgehead atoms. The van der Waals surface area contributed by atoms with Crippen molar-refractivity contribution in [2.75, 3.05) is 0 Å². The van der Waals surface area contributed by atoms with E-state index in [1.165, 1.54) is 4.88 Å². The number of amides is 2. The van der Waals surface area contributed by atoms with Gasteiger partial charge in [0.25, 0.3) is 0 Å². The zero-order valence-electron chi connectivity index (χ0n) is 13.4. The van der Waals surface area contributed by atoms with E-state index in [4.69, 9.17) is 0 Å². The zero-order valence-corrected chi connectivity index (χ0v) is 14.2. The van der Waals surface area contributed by atoms with Crippen molar-refractivity contribution < 1.29 is 4.79 Å². The number of urea groups is 1. The molecule has 1 aromatic carbocycles. The lowest BCUT2D eigenvalue weighted by atomic mass is 10.3. The van der Waals surface area contributed by atoms with E-state index in [1.54, 1.807) is 16.0 Å². The number of tetrazole rings is 1. The molecule has 0 unspecified atom stereocenters. The van der Waals surface area contributed by atoms with Crippen LogP contribution < -0.4 is 10.6 Å². The third-order valence-electron chi connectivity index (χ3n) is 3.45. The zero-order chi connectivity index (χ0) is 16.9. The van der Waals surface area contributed by atoms with E-state index >= 15 is 0 Å². The lowest BCUT2D eigenvalue weighted by Gasteiger charge is -2.14. The maximum Gasteiger partial charge on any atom is 0.315 e. The van der Waals surface area contributed by atoms with Gasteiger partial charge in [-0.3, -0.25) is 0 Å². The predicted molar refractivity (Wildman–Crippen MR) is 92.0 cm³/mol. The fourth-order valence-electron chi connectivity index (χ4n) is 2.28. The number of aryl methyl sites for hydroxylation is 1. The maximum absolute atomic E-state index is 12.1. The summed E-state index contributed by atoms with van der Waals surface area (Å²) in [4.78, 5) is 14.4. The number of carbonyl (C=O) groups is 1. The molecule has 24 heavy (non-hydrogen) atoms. The Morgan fingerprint density at radius 3 is 2.75 bits per heavy atom. The highest BCUT2D eigenvalue weighted by molar-refractivity contribution is 7.11. The summed E-state index contributed by atoms with van der Waals surface area (Å²) in [6.45, 7) is 4.39. The molecule has 0 aliphatic carbocycles. The molecule has 8 heteroatoms. The Hall–Kier alpha value is -2.74. The largest absolute Gasteiger partial charge is 0.333 e. The first-order valence-corrected chi connectivity index (χ1v) is 8.38. The lowest BCUT2D eigenvalue weighted by molar-refractivity contribution is 0.237. The Morgan fingerprint density at radius 1 is 1.25 bits per heavy atom. The van der Waals surface area contributed by atoms with Crippen molar-refractivity contribution in [3.8, 4) is 5.69 Å². The summed E-state index contributed by atoms with van der Waals surface area (Å²) in [5.74, 6) is 0.573. The van der Waals surface area contributed by atoms with Crippen molar-refractivity contribution in [1.82, 2.24) is 30.8 Å². The minimum Gasteiger partial charge on any atom is -0.333 e. The molecule has 2 N–H and O–H groups in total. The molecular formula is C16H18N6OS. The van der Waals surface area contributed by atoms with E-state index in [1.807, 2.05) is 56.3 Å². The van der Waals surface area contributed by atoms with Crippen molar-refractivity contribution >= 4 is 17.4 Å². The van der Waals surface area contributed by atoms with E-state index in [9.17, 15) is 4.79 Å². The SMILES string of the molecule is Cc1ccc(CNC(=O)N[C@@H](C)c2nnnn2-c2ccccc2)s1. The van der Waals surface area contributed by atoms with Gasteiger partial charge < -0.3 is 10.6 Å². The van der Waals surface area contributed by atoms with Gasteiger partial charge in [-0.1, -0.05) is 18.2 Å². The number of para-hydroxylation sites is 1. The average molecular weight is 342 g/mol. The molecule has 2 amide bonds. The Bertz CT molecular complexity index is 813. The molecule has 0 saturated heterocycles. The molecule has 2 aromatic heterocycles. The Labute approximate surface area is 143 Å². The third-order valence-corrected chi connectivity index (χ3v) is 4.45. The molecule has 0 radical (unpaired) electrons. The molecule has 0 aliphatic heterocycles. The molecule has 1 atom stereocenters. The van der Waals surface area contributed by atoms with Gasteiger partial charge in [0.05, 0.1) is 18.3 Å². The summed E-state index contributed by atoms with van der Waals surface area (Å²) < 4.78 is 1.62. The van der Waals surface area contributed by atoms with Crippen LogP contribution in [-0.4, -0.2) is 26.2 Å². The van der Waals surface area contributed by atoms with Crippen LogP contribution in [-0.2, 0) is 6.54 Å². The Kier molecular flexibility index (Phi) is 4.85. The monoisotopic (exact) mass is 342 g/mol. The summed E-state index contributed by atoms with van der Waals surface area (Å²) in [5, 5.41) is 17.4. The highest BCUT2D eigenvalue weighted by Gasteiger charge is 2.17. The molecule has 0 saturated carbocycles. The normalized spacial score (nSPS) is 11.9. The van der Waals surface area contributed by atoms with Crippen LogP contribution in [0.5, 0.6) is 0 Å². The Balaban J connectivity index is 1.62. The number of nitrogens with zero attached hydrogens (tertiary/aromatic N) is 4. The third kappa shape index (κ3) is 3.77. The highest BCUT2D eigenvalue weighted by atomic mass is 32.1. The van der Waals surface area contributed by atoms with Crippen molar-refractivity contribution in [2.24, 2.45) is 0 Å². The first kappa shape index (κ1) is 16.1. The molecule has 3 rings (SSSR count). The molecule has 124 valence electrons. The minimum absolute atomic E-state index is 0.254. The second-order valence-corrected chi connectivity index (χ2v) is 6.72. The fourth-order valence-corrected chi connectivity index (χ4v) is 3.11. The van der Waals surface area contributed by atoms with Crippen molar-refractivity contribution in [2.45, 2.75) is 26.4 Å². The number of aromatic nitrogens is 4. The summed E-state index contributed by atoms with van der Waals surface area (Å²) in [6.07, 6.45) is 0. The highest BCUT2D eigenvalue weighted by Crippen LogP contribution is 2.15. The van der Waals surface area contributed by atoms with E-state index in [-0.39, 0.29) is 12.1 Å². The molecule has 3 aromatic rings. The average Bonchev–Trinajstić information content (AvgIpc) is 3.22. The number of benzene rings is 1.